The number of nitrogens with zero attached hydrogens (tertiary/aromatic N) is 1. The minimum absolute atomic E-state index is 0.0337. The van der Waals surface area contributed by atoms with Gasteiger partial charge in [-0.3, -0.25) is 0 Å². The Bertz CT molecular complexity index is 632. The first-order valence-electron chi connectivity index (χ1n) is 7.97. The summed E-state index contributed by atoms with van der Waals surface area (Å²) in [6, 6.07) is 8.87. The summed E-state index contributed by atoms with van der Waals surface area (Å²) in [4.78, 5) is 6.35. The van der Waals surface area contributed by atoms with Gasteiger partial charge in [0.25, 0.3) is 0 Å². The van der Waals surface area contributed by atoms with Crippen LogP contribution in [-0.2, 0) is 24.8 Å². The van der Waals surface area contributed by atoms with Crippen LogP contribution in [0, 0.1) is 6.92 Å². The summed E-state index contributed by atoms with van der Waals surface area (Å²) in [7, 11) is 0. The van der Waals surface area contributed by atoms with Crippen LogP contribution in [0.4, 0.5) is 0 Å². The van der Waals surface area contributed by atoms with E-state index in [4.69, 9.17) is 4.98 Å². The molecule has 1 unspecified atom stereocenters. The first kappa shape index (κ1) is 14.7. The molecule has 1 aliphatic rings. The molecule has 0 radical (unpaired) electrons. The van der Waals surface area contributed by atoms with Crippen molar-refractivity contribution in [2.45, 2.75) is 52.0 Å². The van der Waals surface area contributed by atoms with Gasteiger partial charge >= 0.3 is 0 Å². The molecule has 2 nitrogen and oxygen atoms in total. The average Bonchev–Trinajstić information content (AvgIpc) is 2.89. The highest BCUT2D eigenvalue weighted by molar-refractivity contribution is 7.11. The average molecular weight is 300 g/mol. The summed E-state index contributed by atoms with van der Waals surface area (Å²) in [5.74, 6) is 0. The molecule has 1 heterocycles. The number of fused-ring (bicyclic) bond motifs is 1. The second kappa shape index (κ2) is 5.90. The van der Waals surface area contributed by atoms with Crippen molar-refractivity contribution in [1.82, 2.24) is 10.3 Å². The van der Waals surface area contributed by atoms with Crippen LogP contribution in [0.1, 0.15) is 47.0 Å². The summed E-state index contributed by atoms with van der Waals surface area (Å²) in [5.41, 5.74) is 4.29. The van der Waals surface area contributed by atoms with Crippen LogP contribution in [0.25, 0.3) is 0 Å². The van der Waals surface area contributed by atoms with Crippen LogP contribution < -0.4 is 5.32 Å². The topological polar surface area (TPSA) is 24.9 Å². The molecule has 0 fully saturated rings. The van der Waals surface area contributed by atoms with Gasteiger partial charge in [0.15, 0.2) is 0 Å². The molecule has 21 heavy (non-hydrogen) atoms. The van der Waals surface area contributed by atoms with Crippen LogP contribution >= 0.6 is 11.3 Å². The van der Waals surface area contributed by atoms with Crippen molar-refractivity contribution in [3.05, 3.63) is 51.0 Å². The Morgan fingerprint density at radius 1 is 1.24 bits per heavy atom. The molecule has 0 saturated carbocycles. The molecular weight excluding hydrogens is 276 g/mol. The van der Waals surface area contributed by atoms with Gasteiger partial charge in [0.1, 0.15) is 5.01 Å². The molecule has 112 valence electrons. The zero-order chi connectivity index (χ0) is 14.9. The summed E-state index contributed by atoms with van der Waals surface area (Å²) in [6.07, 6.45) is 4.38. The third kappa shape index (κ3) is 2.65. The number of aromatic nitrogens is 1. The zero-order valence-corrected chi connectivity index (χ0v) is 14.0. The van der Waals surface area contributed by atoms with Gasteiger partial charge in [0.2, 0.25) is 0 Å². The molecule has 0 saturated heterocycles. The number of thiazole rings is 1. The molecule has 3 heteroatoms. The maximum absolute atomic E-state index is 4.97. The predicted molar refractivity (Wildman–Crippen MR) is 90.1 cm³/mol. The van der Waals surface area contributed by atoms with E-state index in [1.807, 2.05) is 11.3 Å². The second-order valence-corrected chi connectivity index (χ2v) is 7.14. The van der Waals surface area contributed by atoms with Crippen LogP contribution in [-0.4, -0.2) is 11.5 Å². The maximum Gasteiger partial charge on any atom is 0.114 e. The van der Waals surface area contributed by atoms with Gasteiger partial charge in [-0.2, -0.15) is 0 Å². The van der Waals surface area contributed by atoms with Crippen LogP contribution in [0.5, 0.6) is 0 Å². The number of aryl methyl sites for hydroxylation is 3. The number of likely N-dealkylation sites (N-methyl/N-ethyl adjacent to an activating group) is 1. The lowest BCUT2D eigenvalue weighted by atomic mass is 9.78. The zero-order valence-electron chi connectivity index (χ0n) is 13.2. The summed E-state index contributed by atoms with van der Waals surface area (Å²) >= 11 is 1.89. The Morgan fingerprint density at radius 2 is 2.00 bits per heavy atom. The number of hydrogen-bond donors (Lipinski definition) is 1. The van der Waals surface area contributed by atoms with Gasteiger partial charge in [-0.1, -0.05) is 38.1 Å². The highest BCUT2D eigenvalue weighted by atomic mass is 32.1. The first-order chi connectivity index (χ1) is 10.2. The van der Waals surface area contributed by atoms with Crippen molar-refractivity contribution in [3.8, 4) is 0 Å². The van der Waals surface area contributed by atoms with Crippen molar-refractivity contribution in [2.75, 3.05) is 6.54 Å². The highest BCUT2D eigenvalue weighted by Crippen LogP contribution is 2.39. The Hall–Kier alpha value is -1.19. The lowest BCUT2D eigenvalue weighted by Gasteiger charge is -2.37. The van der Waals surface area contributed by atoms with E-state index in [0.29, 0.717) is 0 Å². The monoisotopic (exact) mass is 300 g/mol. The van der Waals surface area contributed by atoms with E-state index in [2.05, 4.69) is 50.4 Å². The van der Waals surface area contributed by atoms with Gasteiger partial charge in [-0.25, -0.2) is 4.98 Å². The van der Waals surface area contributed by atoms with E-state index < -0.39 is 0 Å². The van der Waals surface area contributed by atoms with Crippen LogP contribution in [0.3, 0.4) is 0 Å². The largest absolute Gasteiger partial charge is 0.305 e. The van der Waals surface area contributed by atoms with E-state index in [9.17, 15) is 0 Å². The lowest BCUT2D eigenvalue weighted by Crippen LogP contribution is -2.46. The molecule has 0 aliphatic heterocycles. The maximum atomic E-state index is 4.97. The standard InChI is InChI=1S/C18H24N2S/c1-4-16-13(3)21-17(20-16)18(19-5-2)11-10-14-8-6-7-9-15(14)12-18/h6-9,19H,4-5,10-12H2,1-3H3. The highest BCUT2D eigenvalue weighted by Gasteiger charge is 2.38. The SMILES string of the molecule is CCNC1(c2nc(CC)c(C)s2)CCc2ccccc2C1. The number of benzene rings is 1. The first-order valence-corrected chi connectivity index (χ1v) is 8.78. The van der Waals surface area contributed by atoms with Crippen molar-refractivity contribution in [3.63, 3.8) is 0 Å². The molecule has 0 amide bonds. The van der Waals surface area contributed by atoms with E-state index in [1.165, 1.54) is 26.7 Å². The van der Waals surface area contributed by atoms with Gasteiger partial charge in [-0.15, -0.1) is 11.3 Å². The molecule has 1 aliphatic carbocycles. The predicted octanol–water partition coefficient (Wildman–Crippen LogP) is 4.01. The summed E-state index contributed by atoms with van der Waals surface area (Å²) < 4.78 is 0. The smallest absolute Gasteiger partial charge is 0.114 e. The minimum atomic E-state index is 0.0337. The minimum Gasteiger partial charge on any atom is -0.305 e. The fourth-order valence-corrected chi connectivity index (χ4v) is 4.64. The van der Waals surface area contributed by atoms with Crippen LogP contribution in [0.15, 0.2) is 24.3 Å². The summed E-state index contributed by atoms with van der Waals surface area (Å²) in [6.45, 7) is 7.59. The Labute approximate surface area is 131 Å². The molecule has 1 aromatic heterocycles. The van der Waals surface area contributed by atoms with E-state index in [0.717, 1.165) is 32.2 Å². The molecule has 0 spiro atoms. The fraction of sp³-hybridized carbons (Fsp3) is 0.500. The lowest BCUT2D eigenvalue weighted by molar-refractivity contribution is 0.296. The molecule has 1 aromatic carbocycles. The van der Waals surface area contributed by atoms with E-state index in [1.54, 1.807) is 0 Å². The molecule has 2 aromatic rings. The van der Waals surface area contributed by atoms with Gasteiger partial charge in [0.05, 0.1) is 11.2 Å². The Morgan fingerprint density at radius 3 is 2.67 bits per heavy atom. The van der Waals surface area contributed by atoms with Crippen molar-refractivity contribution in [2.24, 2.45) is 0 Å². The molecule has 1 N–H and O–H groups in total. The molecule has 3 rings (SSSR count). The number of rotatable bonds is 4. The molecule has 0 bridgehead atoms. The van der Waals surface area contributed by atoms with Gasteiger partial charge < -0.3 is 5.32 Å². The quantitative estimate of drug-likeness (QED) is 0.923. The molecular formula is C18H24N2S. The van der Waals surface area contributed by atoms with E-state index in [-0.39, 0.29) is 5.54 Å². The number of nitrogens with one attached hydrogen (secondary N) is 1. The Kier molecular flexibility index (Phi) is 4.14. The van der Waals surface area contributed by atoms with Gasteiger partial charge in [0, 0.05) is 4.88 Å². The third-order valence-corrected chi connectivity index (χ3v) is 5.80. The van der Waals surface area contributed by atoms with Crippen molar-refractivity contribution >= 4 is 11.3 Å². The van der Waals surface area contributed by atoms with Gasteiger partial charge in [-0.05, 0) is 50.3 Å². The van der Waals surface area contributed by atoms with Crippen molar-refractivity contribution < 1.29 is 0 Å². The molecule has 1 atom stereocenters. The van der Waals surface area contributed by atoms with Crippen molar-refractivity contribution in [1.29, 1.82) is 0 Å². The number of hydrogen-bond acceptors (Lipinski definition) is 3. The fourth-order valence-electron chi connectivity index (χ4n) is 3.44. The summed E-state index contributed by atoms with van der Waals surface area (Å²) in [5, 5.41) is 5.05. The normalized spacial score (nSPS) is 21.3. The van der Waals surface area contributed by atoms with Crippen LogP contribution in [0.2, 0.25) is 0 Å². The van der Waals surface area contributed by atoms with E-state index >= 15 is 0 Å². The third-order valence-electron chi connectivity index (χ3n) is 4.58. The second-order valence-electron chi connectivity index (χ2n) is 5.93. The Balaban J connectivity index is 2.01.